The zero-order valence-corrected chi connectivity index (χ0v) is 19.8. The van der Waals surface area contributed by atoms with Crippen LogP contribution in [-0.2, 0) is 0 Å². The molecule has 178 valence electrons. The highest BCUT2D eigenvalue weighted by Gasteiger charge is 2.26. The molecule has 0 atom stereocenters. The number of ketones is 1. The maximum atomic E-state index is 13.4. The number of hydrazine groups is 1. The smallest absolute Gasteiger partial charge is 0.263 e. The topological polar surface area (TPSA) is 119 Å². The molecule has 3 aromatic heterocycles. The fraction of sp³-hybridized carbons (Fsp3) is 0.480. The number of pyridine rings is 2. The molecule has 9 nitrogen and oxygen atoms in total. The molecule has 0 spiro atoms. The van der Waals surface area contributed by atoms with Crippen LogP contribution in [0.25, 0.3) is 11.0 Å². The Morgan fingerprint density at radius 3 is 2.47 bits per heavy atom. The molecule has 34 heavy (non-hydrogen) atoms. The Kier molecular flexibility index (Phi) is 6.14. The van der Waals surface area contributed by atoms with Gasteiger partial charge in [0.1, 0.15) is 5.65 Å². The number of Topliss-reactive ketones (excluding diaryl/α,β-unsaturated/α-hetero) is 1. The van der Waals surface area contributed by atoms with Crippen molar-refractivity contribution in [2.75, 3.05) is 18.4 Å². The average molecular weight is 462 g/mol. The van der Waals surface area contributed by atoms with Crippen LogP contribution >= 0.6 is 0 Å². The van der Waals surface area contributed by atoms with Crippen molar-refractivity contribution in [1.82, 2.24) is 24.5 Å². The summed E-state index contributed by atoms with van der Waals surface area (Å²) >= 11 is 0. The number of fused-ring (bicyclic) bond motifs is 1. The molecule has 3 N–H and O–H groups in total. The minimum Gasteiger partial charge on any atom is -0.323 e. The van der Waals surface area contributed by atoms with Gasteiger partial charge < -0.3 is 5.32 Å². The van der Waals surface area contributed by atoms with E-state index in [1.54, 1.807) is 23.9 Å². The third kappa shape index (κ3) is 4.21. The quantitative estimate of drug-likeness (QED) is 0.437. The Bertz CT molecular complexity index is 1270. The number of rotatable bonds is 5. The number of aryl methyl sites for hydroxylation is 1. The van der Waals surface area contributed by atoms with Crippen LogP contribution in [0.4, 0.5) is 11.6 Å². The van der Waals surface area contributed by atoms with E-state index < -0.39 is 0 Å². The first-order valence-electron chi connectivity index (χ1n) is 12.1. The molecular weight excluding hydrogens is 430 g/mol. The second kappa shape index (κ2) is 9.23. The number of carbonyl (C=O) groups is 1. The molecule has 4 heterocycles. The fourth-order valence-corrected chi connectivity index (χ4v) is 5.35. The van der Waals surface area contributed by atoms with Gasteiger partial charge in [-0.25, -0.2) is 9.99 Å². The molecule has 0 amide bonds. The van der Waals surface area contributed by atoms with E-state index in [9.17, 15) is 9.59 Å². The van der Waals surface area contributed by atoms with Crippen molar-refractivity contribution in [2.45, 2.75) is 64.3 Å². The van der Waals surface area contributed by atoms with Gasteiger partial charge in [0.25, 0.3) is 5.56 Å². The summed E-state index contributed by atoms with van der Waals surface area (Å²) in [5.41, 5.74) is 3.07. The first-order chi connectivity index (χ1) is 16.4. The van der Waals surface area contributed by atoms with Crippen molar-refractivity contribution in [1.29, 1.82) is 0 Å². The summed E-state index contributed by atoms with van der Waals surface area (Å²) in [6.07, 6.45) is 9.48. The number of hydrogen-bond donors (Lipinski definition) is 2. The van der Waals surface area contributed by atoms with E-state index in [2.05, 4.69) is 15.3 Å². The monoisotopic (exact) mass is 461 g/mol. The molecule has 0 aromatic carbocycles. The Morgan fingerprint density at radius 2 is 1.82 bits per heavy atom. The summed E-state index contributed by atoms with van der Waals surface area (Å²) in [4.78, 5) is 39.5. The number of nitrogens with zero attached hydrogens (tertiary/aromatic N) is 5. The van der Waals surface area contributed by atoms with Gasteiger partial charge in [0.15, 0.2) is 5.78 Å². The molecule has 0 unspecified atom stereocenters. The lowest BCUT2D eigenvalue weighted by molar-refractivity contribution is 0.101. The maximum absolute atomic E-state index is 13.4. The van der Waals surface area contributed by atoms with Crippen LogP contribution in [0, 0.1) is 6.92 Å². The van der Waals surface area contributed by atoms with Crippen molar-refractivity contribution in [2.24, 2.45) is 5.84 Å². The predicted molar refractivity (Wildman–Crippen MR) is 131 cm³/mol. The van der Waals surface area contributed by atoms with E-state index in [-0.39, 0.29) is 22.9 Å². The van der Waals surface area contributed by atoms with Gasteiger partial charge in [-0.3, -0.25) is 25.0 Å². The van der Waals surface area contributed by atoms with E-state index in [1.807, 2.05) is 17.1 Å². The van der Waals surface area contributed by atoms with Crippen LogP contribution in [0.1, 0.15) is 79.0 Å². The minimum atomic E-state index is -0.247. The normalized spacial score (nSPS) is 18.0. The van der Waals surface area contributed by atoms with Gasteiger partial charge >= 0.3 is 0 Å². The third-order valence-electron chi connectivity index (χ3n) is 7.24. The van der Waals surface area contributed by atoms with Gasteiger partial charge in [0.05, 0.1) is 17.4 Å². The predicted octanol–water partition coefficient (Wildman–Crippen LogP) is 3.61. The summed E-state index contributed by atoms with van der Waals surface area (Å²) in [6, 6.07) is 4.08. The standard InChI is InChI=1S/C25H31N7O2/c1-15-20-14-28-25(29-18-7-8-21(27-13-18)17-9-11-31(26)12-10-17)30-23(20)32(19-5-3-4-6-19)24(34)22(15)16(2)33/h7-8,13-14,17,19H,3-6,9-12,26H2,1-2H3,(H,28,29,30). The zero-order valence-electron chi connectivity index (χ0n) is 19.8. The van der Waals surface area contributed by atoms with Gasteiger partial charge in [-0.15, -0.1) is 0 Å². The summed E-state index contributed by atoms with van der Waals surface area (Å²) < 4.78 is 1.73. The highest BCUT2D eigenvalue weighted by Crippen LogP contribution is 2.32. The first-order valence-corrected chi connectivity index (χ1v) is 12.1. The van der Waals surface area contributed by atoms with Gasteiger partial charge in [-0.05, 0) is 57.2 Å². The molecule has 2 aliphatic rings. The largest absolute Gasteiger partial charge is 0.323 e. The van der Waals surface area contributed by atoms with Crippen molar-refractivity contribution >= 4 is 28.5 Å². The zero-order chi connectivity index (χ0) is 23.8. The van der Waals surface area contributed by atoms with E-state index in [0.29, 0.717) is 23.1 Å². The summed E-state index contributed by atoms with van der Waals surface area (Å²) in [7, 11) is 0. The van der Waals surface area contributed by atoms with Gasteiger partial charge in [-0.1, -0.05) is 12.8 Å². The maximum Gasteiger partial charge on any atom is 0.263 e. The summed E-state index contributed by atoms with van der Waals surface area (Å²) in [5.74, 6) is 6.47. The molecular formula is C25H31N7O2. The Hall–Kier alpha value is -3.17. The van der Waals surface area contributed by atoms with Gasteiger partial charge in [-0.2, -0.15) is 4.98 Å². The van der Waals surface area contributed by atoms with Crippen molar-refractivity contribution in [3.05, 3.63) is 51.7 Å². The second-order valence-electron chi connectivity index (χ2n) is 9.51. The van der Waals surface area contributed by atoms with E-state index >= 15 is 0 Å². The van der Waals surface area contributed by atoms with Crippen LogP contribution in [0.2, 0.25) is 0 Å². The molecule has 0 bridgehead atoms. The van der Waals surface area contributed by atoms with Gasteiger partial charge in [0, 0.05) is 42.3 Å². The van der Waals surface area contributed by atoms with Crippen molar-refractivity contribution in [3.63, 3.8) is 0 Å². The number of anilines is 2. The molecule has 1 saturated carbocycles. The Balaban J connectivity index is 1.48. The molecule has 9 heteroatoms. The summed E-state index contributed by atoms with van der Waals surface area (Å²) in [5, 5.41) is 5.83. The Labute approximate surface area is 198 Å². The van der Waals surface area contributed by atoms with E-state index in [0.717, 1.165) is 68.4 Å². The number of piperidine rings is 1. The highest BCUT2D eigenvalue weighted by molar-refractivity contribution is 5.99. The summed E-state index contributed by atoms with van der Waals surface area (Å²) in [6.45, 7) is 5.00. The molecule has 1 saturated heterocycles. The lowest BCUT2D eigenvalue weighted by Crippen LogP contribution is -2.38. The van der Waals surface area contributed by atoms with Crippen molar-refractivity contribution in [3.8, 4) is 0 Å². The average Bonchev–Trinajstić information content (AvgIpc) is 3.34. The molecule has 3 aromatic rings. The van der Waals surface area contributed by atoms with Crippen molar-refractivity contribution < 1.29 is 4.79 Å². The number of nitrogens with one attached hydrogen (secondary N) is 1. The highest BCUT2D eigenvalue weighted by atomic mass is 16.1. The molecule has 2 fully saturated rings. The third-order valence-corrected chi connectivity index (χ3v) is 7.24. The lowest BCUT2D eigenvalue weighted by Gasteiger charge is -2.28. The SMILES string of the molecule is CC(=O)c1c(C)c2cnc(Nc3ccc(C4CCN(N)CC4)nc3)nc2n(C2CCCC2)c1=O. The van der Waals surface area contributed by atoms with E-state index in [4.69, 9.17) is 10.8 Å². The first kappa shape index (κ1) is 22.6. The molecule has 1 aliphatic carbocycles. The van der Waals surface area contributed by atoms with Crippen LogP contribution < -0.4 is 16.7 Å². The van der Waals surface area contributed by atoms with Gasteiger partial charge in [0.2, 0.25) is 5.95 Å². The lowest BCUT2D eigenvalue weighted by atomic mass is 9.94. The van der Waals surface area contributed by atoms with Crippen LogP contribution in [0.5, 0.6) is 0 Å². The second-order valence-corrected chi connectivity index (χ2v) is 9.51. The number of hydrogen-bond acceptors (Lipinski definition) is 8. The number of aromatic nitrogens is 4. The van der Waals surface area contributed by atoms with Crippen LogP contribution in [-0.4, -0.2) is 43.4 Å². The minimum absolute atomic E-state index is 0.0531. The number of carbonyl (C=O) groups excluding carboxylic acids is 1. The van der Waals surface area contributed by atoms with Crippen LogP contribution in [0.3, 0.4) is 0 Å². The van der Waals surface area contributed by atoms with E-state index in [1.165, 1.54) is 6.92 Å². The fourth-order valence-electron chi connectivity index (χ4n) is 5.35. The Morgan fingerprint density at radius 1 is 1.09 bits per heavy atom. The number of nitrogens with two attached hydrogens (primary N) is 1. The van der Waals surface area contributed by atoms with Crippen LogP contribution in [0.15, 0.2) is 29.3 Å². The molecule has 1 aliphatic heterocycles. The molecule has 0 radical (unpaired) electrons. The molecule has 5 rings (SSSR count).